The van der Waals surface area contributed by atoms with Crippen LogP contribution in [-0.2, 0) is 27.5 Å². The zero-order valence-corrected chi connectivity index (χ0v) is 18.5. The lowest BCUT2D eigenvalue weighted by molar-refractivity contribution is -0.137. The van der Waals surface area contributed by atoms with Crippen LogP contribution in [0.15, 0.2) is 42.5 Å². The summed E-state index contributed by atoms with van der Waals surface area (Å²) in [6.07, 6.45) is 0.525. The number of hydrogen-bond acceptors (Lipinski definition) is 5. The van der Waals surface area contributed by atoms with Crippen molar-refractivity contribution in [3.8, 4) is 0 Å². The molecular formula is C22H22Cl2N4O4. The molecule has 0 aliphatic carbocycles. The monoisotopic (exact) mass is 476 g/mol. The van der Waals surface area contributed by atoms with Crippen LogP contribution >= 0.6 is 24.0 Å². The number of benzene rings is 2. The molecule has 32 heavy (non-hydrogen) atoms. The molecule has 2 unspecified atom stereocenters. The van der Waals surface area contributed by atoms with Crippen LogP contribution < -0.4 is 16.4 Å². The van der Waals surface area contributed by atoms with Gasteiger partial charge in [-0.2, -0.15) is 0 Å². The highest BCUT2D eigenvalue weighted by atomic mass is 35.5. The lowest BCUT2D eigenvalue weighted by Gasteiger charge is -2.29. The number of amides is 4. The molecule has 4 N–H and O–H groups in total. The summed E-state index contributed by atoms with van der Waals surface area (Å²) in [5.41, 5.74) is 8.79. The number of rotatable bonds is 5. The standard InChI is InChI=1S/C22H21ClN4O4.ClH/c23-15-4-2-13(3-5-15)19(24)21(30)25-10-12-1-6-16-14(9-12)11-27(22(16)31)17-7-8-18(28)26-20(17)29;/h1-6,9,17,19H,7-8,10-11,24H2,(H,25,30)(H,26,28,29);1H. The molecule has 0 bridgehead atoms. The average molecular weight is 477 g/mol. The summed E-state index contributed by atoms with van der Waals surface area (Å²) < 4.78 is 0. The fourth-order valence-electron chi connectivity index (χ4n) is 3.86. The number of carbonyl (C=O) groups is 4. The Morgan fingerprint density at radius 3 is 2.59 bits per heavy atom. The summed E-state index contributed by atoms with van der Waals surface area (Å²) in [7, 11) is 0. The number of piperidine rings is 1. The maximum atomic E-state index is 12.7. The van der Waals surface area contributed by atoms with Gasteiger partial charge in [0.1, 0.15) is 12.1 Å². The van der Waals surface area contributed by atoms with Gasteiger partial charge in [-0.15, -0.1) is 12.4 Å². The van der Waals surface area contributed by atoms with Crippen molar-refractivity contribution >= 4 is 47.6 Å². The van der Waals surface area contributed by atoms with E-state index in [2.05, 4.69) is 10.6 Å². The van der Waals surface area contributed by atoms with Gasteiger partial charge in [0.2, 0.25) is 17.7 Å². The second kappa shape index (κ2) is 9.68. The number of fused-ring (bicyclic) bond motifs is 1. The van der Waals surface area contributed by atoms with E-state index in [0.29, 0.717) is 22.6 Å². The van der Waals surface area contributed by atoms with Crippen LogP contribution in [0, 0.1) is 0 Å². The number of nitrogens with two attached hydrogens (primary N) is 1. The third kappa shape index (κ3) is 4.77. The minimum Gasteiger partial charge on any atom is -0.350 e. The van der Waals surface area contributed by atoms with Gasteiger partial charge in [-0.05, 0) is 41.3 Å². The summed E-state index contributed by atoms with van der Waals surface area (Å²) in [5, 5.41) is 5.66. The van der Waals surface area contributed by atoms with E-state index < -0.39 is 18.0 Å². The molecule has 2 aromatic rings. The number of nitrogens with one attached hydrogen (secondary N) is 2. The predicted octanol–water partition coefficient (Wildman–Crippen LogP) is 1.84. The molecule has 1 saturated heterocycles. The molecule has 8 nitrogen and oxygen atoms in total. The number of imide groups is 1. The molecule has 0 saturated carbocycles. The Labute approximate surface area is 195 Å². The highest BCUT2D eigenvalue weighted by molar-refractivity contribution is 6.30. The predicted molar refractivity (Wildman–Crippen MR) is 120 cm³/mol. The Hall–Kier alpha value is -2.94. The first-order valence-corrected chi connectivity index (χ1v) is 10.3. The molecule has 2 aromatic carbocycles. The quantitative estimate of drug-likeness (QED) is 0.568. The van der Waals surface area contributed by atoms with E-state index in [4.69, 9.17) is 17.3 Å². The van der Waals surface area contributed by atoms with Crippen molar-refractivity contribution in [3.05, 3.63) is 69.7 Å². The Morgan fingerprint density at radius 2 is 1.91 bits per heavy atom. The maximum absolute atomic E-state index is 12.7. The number of nitrogens with zero attached hydrogens (tertiary/aromatic N) is 1. The van der Waals surface area contributed by atoms with Crippen molar-refractivity contribution in [2.24, 2.45) is 5.73 Å². The van der Waals surface area contributed by atoms with Crippen LogP contribution in [-0.4, -0.2) is 34.6 Å². The first-order chi connectivity index (χ1) is 14.8. The van der Waals surface area contributed by atoms with Crippen molar-refractivity contribution in [2.45, 2.75) is 38.0 Å². The lowest BCUT2D eigenvalue weighted by Crippen LogP contribution is -2.52. The number of hydrogen-bond donors (Lipinski definition) is 3. The molecule has 0 aromatic heterocycles. The van der Waals surface area contributed by atoms with Crippen LogP contribution in [0.25, 0.3) is 0 Å². The fraction of sp³-hybridized carbons (Fsp3) is 0.273. The Morgan fingerprint density at radius 1 is 1.19 bits per heavy atom. The van der Waals surface area contributed by atoms with Gasteiger partial charge in [0.15, 0.2) is 0 Å². The van der Waals surface area contributed by atoms with Crippen LogP contribution in [0.3, 0.4) is 0 Å². The minimum atomic E-state index is -0.823. The van der Waals surface area contributed by atoms with E-state index in [1.165, 1.54) is 4.90 Å². The molecule has 4 amide bonds. The first-order valence-electron chi connectivity index (χ1n) is 9.88. The molecule has 0 radical (unpaired) electrons. The number of halogens is 2. The van der Waals surface area contributed by atoms with Crippen LogP contribution in [0.5, 0.6) is 0 Å². The van der Waals surface area contributed by atoms with Crippen LogP contribution in [0.2, 0.25) is 5.02 Å². The fourth-order valence-corrected chi connectivity index (χ4v) is 3.98. The Balaban J connectivity index is 0.00000289. The van der Waals surface area contributed by atoms with Gasteiger partial charge >= 0.3 is 0 Å². The van der Waals surface area contributed by atoms with E-state index in [1.54, 1.807) is 36.4 Å². The van der Waals surface area contributed by atoms with Crippen molar-refractivity contribution in [2.75, 3.05) is 0 Å². The summed E-state index contributed by atoms with van der Waals surface area (Å²) in [5.74, 6) is -1.32. The topological polar surface area (TPSA) is 122 Å². The van der Waals surface area contributed by atoms with Gasteiger partial charge in [0.05, 0.1) is 0 Å². The molecular weight excluding hydrogens is 455 g/mol. The van der Waals surface area contributed by atoms with Crippen molar-refractivity contribution < 1.29 is 19.2 Å². The zero-order valence-electron chi connectivity index (χ0n) is 17.0. The summed E-state index contributed by atoms with van der Waals surface area (Å²) in [6.45, 7) is 0.534. The van der Waals surface area contributed by atoms with E-state index >= 15 is 0 Å². The highest BCUT2D eigenvalue weighted by Gasteiger charge is 2.39. The summed E-state index contributed by atoms with van der Waals surface area (Å²) in [6, 6.07) is 10.6. The molecule has 4 rings (SSSR count). The maximum Gasteiger partial charge on any atom is 0.255 e. The molecule has 2 aliphatic rings. The van der Waals surface area contributed by atoms with Gasteiger partial charge in [0.25, 0.3) is 5.91 Å². The van der Waals surface area contributed by atoms with Gasteiger partial charge in [-0.1, -0.05) is 35.9 Å². The Kier molecular flexibility index (Phi) is 7.18. The van der Waals surface area contributed by atoms with Crippen LogP contribution in [0.4, 0.5) is 0 Å². The highest BCUT2D eigenvalue weighted by Crippen LogP contribution is 2.28. The number of carbonyl (C=O) groups excluding carboxylic acids is 4. The molecule has 10 heteroatoms. The minimum absolute atomic E-state index is 0. The molecule has 2 atom stereocenters. The molecule has 168 valence electrons. The second-order valence-corrected chi connectivity index (χ2v) is 8.07. The normalized spacial score (nSPS) is 18.5. The third-order valence-electron chi connectivity index (χ3n) is 5.57. The van der Waals surface area contributed by atoms with Crippen LogP contribution in [0.1, 0.15) is 45.9 Å². The second-order valence-electron chi connectivity index (χ2n) is 7.64. The van der Waals surface area contributed by atoms with E-state index in [-0.39, 0.29) is 49.6 Å². The van der Waals surface area contributed by atoms with E-state index in [9.17, 15) is 19.2 Å². The average Bonchev–Trinajstić information content (AvgIpc) is 3.07. The molecule has 1 fully saturated rings. The van der Waals surface area contributed by atoms with E-state index in [1.807, 2.05) is 6.07 Å². The van der Waals surface area contributed by atoms with Crippen molar-refractivity contribution in [3.63, 3.8) is 0 Å². The van der Waals surface area contributed by atoms with Gasteiger partial charge < -0.3 is 16.0 Å². The van der Waals surface area contributed by atoms with Gasteiger partial charge in [-0.3, -0.25) is 24.5 Å². The lowest BCUT2D eigenvalue weighted by atomic mass is 10.0. The summed E-state index contributed by atoms with van der Waals surface area (Å²) in [4.78, 5) is 50.1. The van der Waals surface area contributed by atoms with E-state index in [0.717, 1.165) is 11.1 Å². The molecule has 2 heterocycles. The largest absolute Gasteiger partial charge is 0.350 e. The zero-order chi connectivity index (χ0) is 22.1. The van der Waals surface area contributed by atoms with Gasteiger partial charge in [-0.25, -0.2) is 0 Å². The molecule has 0 spiro atoms. The third-order valence-corrected chi connectivity index (χ3v) is 5.82. The van der Waals surface area contributed by atoms with Gasteiger partial charge in [0, 0.05) is 30.1 Å². The summed E-state index contributed by atoms with van der Waals surface area (Å²) >= 11 is 5.86. The SMILES string of the molecule is Cl.NC(C(=O)NCc1ccc2c(c1)CN(C1CCC(=O)NC1=O)C2=O)c1ccc(Cl)cc1. The Bertz CT molecular complexity index is 1070. The van der Waals surface area contributed by atoms with Crippen molar-refractivity contribution in [1.29, 1.82) is 0 Å². The first kappa shape index (κ1) is 23.7. The van der Waals surface area contributed by atoms with Crippen molar-refractivity contribution in [1.82, 2.24) is 15.5 Å². The smallest absolute Gasteiger partial charge is 0.255 e. The molecule has 2 aliphatic heterocycles.